The van der Waals surface area contributed by atoms with Gasteiger partial charge in [0.15, 0.2) is 5.78 Å². The van der Waals surface area contributed by atoms with Gasteiger partial charge in [0.2, 0.25) is 0 Å². The maximum Gasteiger partial charge on any atom is 0.258 e. The fraction of sp³-hybridized carbons (Fsp3) is 0.167. The van der Waals surface area contributed by atoms with Gasteiger partial charge in [-0.05, 0) is 13.0 Å². The Kier molecular flexibility index (Phi) is 2.15. The van der Waals surface area contributed by atoms with Crippen LogP contribution in [0.25, 0.3) is 5.70 Å². The lowest BCUT2D eigenvalue weighted by Crippen LogP contribution is -2.17. The molecular formula is C12H11NO2. The number of carbonyl (C=O) groups excluding carboxylic acids is 2. The normalized spacial score (nSPS) is 17.1. The van der Waals surface area contributed by atoms with E-state index in [1.54, 1.807) is 13.1 Å². The fourth-order valence-corrected chi connectivity index (χ4v) is 1.73. The smallest absolute Gasteiger partial charge is 0.258 e. The number of hydrogen-bond donors (Lipinski definition) is 0. The highest BCUT2D eigenvalue weighted by molar-refractivity contribution is 6.11. The molecule has 1 aliphatic rings. The molecule has 0 N–H and O–H groups in total. The maximum absolute atomic E-state index is 11.8. The summed E-state index contributed by atoms with van der Waals surface area (Å²) in [5.41, 5.74) is 2.18. The zero-order valence-corrected chi connectivity index (χ0v) is 8.65. The van der Waals surface area contributed by atoms with Crippen LogP contribution in [0.5, 0.6) is 0 Å². The van der Waals surface area contributed by atoms with Crippen LogP contribution in [0.2, 0.25) is 0 Å². The summed E-state index contributed by atoms with van der Waals surface area (Å²) in [6.45, 7) is 1.48. The molecule has 0 aliphatic carbocycles. The molecule has 0 spiro atoms. The molecule has 0 atom stereocenters. The average Bonchev–Trinajstić information content (AvgIpc) is 2.44. The summed E-state index contributed by atoms with van der Waals surface area (Å²) in [6.07, 6.45) is 1.49. The van der Waals surface area contributed by atoms with E-state index in [-0.39, 0.29) is 11.7 Å². The second-order valence-corrected chi connectivity index (χ2v) is 3.55. The van der Waals surface area contributed by atoms with E-state index >= 15 is 0 Å². The molecule has 1 amide bonds. The molecule has 0 bridgehead atoms. The molecule has 76 valence electrons. The predicted octanol–water partition coefficient (Wildman–Crippen LogP) is 1.70. The summed E-state index contributed by atoms with van der Waals surface area (Å²) in [5.74, 6) is -0.112. The van der Waals surface area contributed by atoms with Crippen molar-refractivity contribution in [3.8, 4) is 0 Å². The van der Waals surface area contributed by atoms with Crippen LogP contribution in [0.15, 0.2) is 30.3 Å². The molecule has 3 nitrogen and oxygen atoms in total. The molecule has 15 heavy (non-hydrogen) atoms. The topological polar surface area (TPSA) is 37.4 Å². The summed E-state index contributed by atoms with van der Waals surface area (Å²) in [6, 6.07) is 7.31. The second kappa shape index (κ2) is 3.35. The SMILES string of the molecule is CC(=O)/C=C1\c2ccccc2C(=O)N1C. The van der Waals surface area contributed by atoms with Crippen molar-refractivity contribution >= 4 is 17.4 Å². The first-order chi connectivity index (χ1) is 7.11. The van der Waals surface area contributed by atoms with Gasteiger partial charge < -0.3 is 4.90 Å². The monoisotopic (exact) mass is 201 g/mol. The fourth-order valence-electron chi connectivity index (χ4n) is 1.73. The highest BCUT2D eigenvalue weighted by Gasteiger charge is 2.28. The molecule has 0 radical (unpaired) electrons. The second-order valence-electron chi connectivity index (χ2n) is 3.55. The molecule has 0 saturated carbocycles. The van der Waals surface area contributed by atoms with Gasteiger partial charge in [0.1, 0.15) is 0 Å². The zero-order chi connectivity index (χ0) is 11.0. The van der Waals surface area contributed by atoms with Crippen molar-refractivity contribution in [2.45, 2.75) is 6.92 Å². The van der Waals surface area contributed by atoms with Crippen molar-refractivity contribution < 1.29 is 9.59 Å². The van der Waals surface area contributed by atoms with Crippen LogP contribution >= 0.6 is 0 Å². The van der Waals surface area contributed by atoms with Crippen molar-refractivity contribution in [3.05, 3.63) is 41.5 Å². The van der Waals surface area contributed by atoms with Crippen LogP contribution in [0.1, 0.15) is 22.8 Å². The lowest BCUT2D eigenvalue weighted by molar-refractivity contribution is -0.112. The number of benzene rings is 1. The molecule has 0 unspecified atom stereocenters. The molecular weight excluding hydrogens is 190 g/mol. The Hall–Kier alpha value is -1.90. The van der Waals surface area contributed by atoms with Gasteiger partial charge in [-0.15, -0.1) is 0 Å². The lowest BCUT2D eigenvalue weighted by atomic mass is 10.1. The molecule has 1 heterocycles. The summed E-state index contributed by atoms with van der Waals surface area (Å²) in [7, 11) is 1.68. The minimum Gasteiger partial charge on any atom is -0.311 e. The zero-order valence-electron chi connectivity index (χ0n) is 8.65. The van der Waals surface area contributed by atoms with Crippen LogP contribution < -0.4 is 0 Å². The minimum absolute atomic E-state index is 0.0543. The molecule has 1 aromatic carbocycles. The number of ketones is 1. The van der Waals surface area contributed by atoms with E-state index in [1.807, 2.05) is 18.2 Å². The van der Waals surface area contributed by atoms with Gasteiger partial charge in [-0.3, -0.25) is 9.59 Å². The van der Waals surface area contributed by atoms with E-state index in [0.29, 0.717) is 11.3 Å². The number of carbonyl (C=O) groups is 2. The first kappa shape index (κ1) is 9.65. The van der Waals surface area contributed by atoms with E-state index in [1.165, 1.54) is 17.9 Å². The number of rotatable bonds is 1. The number of allylic oxidation sites excluding steroid dienone is 1. The third-order valence-electron chi connectivity index (χ3n) is 2.44. The van der Waals surface area contributed by atoms with Gasteiger partial charge in [0.05, 0.1) is 5.70 Å². The predicted molar refractivity (Wildman–Crippen MR) is 57.2 cm³/mol. The van der Waals surface area contributed by atoms with E-state index < -0.39 is 0 Å². The Bertz CT molecular complexity index is 474. The van der Waals surface area contributed by atoms with Gasteiger partial charge in [-0.1, -0.05) is 18.2 Å². The molecule has 0 aromatic heterocycles. The Morgan fingerprint density at radius 1 is 1.27 bits per heavy atom. The quantitative estimate of drug-likeness (QED) is 0.648. The molecule has 0 fully saturated rings. The van der Waals surface area contributed by atoms with Crippen molar-refractivity contribution in [3.63, 3.8) is 0 Å². The van der Waals surface area contributed by atoms with Crippen molar-refractivity contribution in [1.82, 2.24) is 4.90 Å². The number of nitrogens with zero attached hydrogens (tertiary/aromatic N) is 1. The summed E-state index contributed by atoms with van der Waals surface area (Å²) in [4.78, 5) is 24.3. The summed E-state index contributed by atoms with van der Waals surface area (Å²) >= 11 is 0. The molecule has 2 rings (SSSR count). The van der Waals surface area contributed by atoms with Crippen LogP contribution in [-0.4, -0.2) is 23.6 Å². The van der Waals surface area contributed by atoms with Gasteiger partial charge in [0.25, 0.3) is 5.91 Å². The van der Waals surface area contributed by atoms with Crippen LogP contribution in [-0.2, 0) is 4.79 Å². The van der Waals surface area contributed by atoms with Gasteiger partial charge in [-0.25, -0.2) is 0 Å². The Morgan fingerprint density at radius 2 is 1.87 bits per heavy atom. The van der Waals surface area contributed by atoms with Crippen LogP contribution in [0.4, 0.5) is 0 Å². The number of amides is 1. The van der Waals surface area contributed by atoms with Crippen LogP contribution in [0, 0.1) is 0 Å². The van der Waals surface area contributed by atoms with E-state index in [9.17, 15) is 9.59 Å². The minimum atomic E-state index is -0.0573. The van der Waals surface area contributed by atoms with Gasteiger partial charge in [-0.2, -0.15) is 0 Å². The molecule has 1 aromatic rings. The summed E-state index contributed by atoms with van der Waals surface area (Å²) in [5, 5.41) is 0. The van der Waals surface area contributed by atoms with Gasteiger partial charge >= 0.3 is 0 Å². The largest absolute Gasteiger partial charge is 0.311 e. The average molecular weight is 201 g/mol. The lowest BCUT2D eigenvalue weighted by Gasteiger charge is -2.09. The van der Waals surface area contributed by atoms with Gasteiger partial charge in [0, 0.05) is 24.3 Å². The van der Waals surface area contributed by atoms with E-state index in [2.05, 4.69) is 0 Å². The summed E-state index contributed by atoms with van der Waals surface area (Å²) < 4.78 is 0. The first-order valence-electron chi connectivity index (χ1n) is 4.71. The Morgan fingerprint density at radius 3 is 2.47 bits per heavy atom. The maximum atomic E-state index is 11.8. The highest BCUT2D eigenvalue weighted by atomic mass is 16.2. The number of hydrogen-bond acceptors (Lipinski definition) is 2. The van der Waals surface area contributed by atoms with Crippen molar-refractivity contribution in [1.29, 1.82) is 0 Å². The van der Waals surface area contributed by atoms with E-state index in [0.717, 1.165) is 5.56 Å². The third-order valence-corrected chi connectivity index (χ3v) is 2.44. The van der Waals surface area contributed by atoms with Crippen molar-refractivity contribution in [2.24, 2.45) is 0 Å². The third kappa shape index (κ3) is 1.46. The molecule has 1 aliphatic heterocycles. The molecule has 0 saturated heterocycles. The Balaban J connectivity index is 2.61. The van der Waals surface area contributed by atoms with Crippen molar-refractivity contribution in [2.75, 3.05) is 7.05 Å². The Labute approximate surface area is 88.0 Å². The van der Waals surface area contributed by atoms with E-state index in [4.69, 9.17) is 0 Å². The number of fused-ring (bicyclic) bond motifs is 1. The standard InChI is InChI=1S/C12H11NO2/c1-8(14)7-11-9-5-3-4-6-10(9)12(15)13(11)2/h3-7H,1-2H3/b11-7+. The van der Waals surface area contributed by atoms with Crippen LogP contribution in [0.3, 0.4) is 0 Å². The highest BCUT2D eigenvalue weighted by Crippen LogP contribution is 2.30. The first-order valence-corrected chi connectivity index (χ1v) is 4.71. The molecule has 3 heteroatoms.